The Kier molecular flexibility index (Phi) is 5.63. The molecule has 1 fully saturated rings. The SMILES string of the molecule is CCNC(=NCC(C)(C)OC)NCC1(c2ccccc2F)CC1. The molecule has 0 unspecified atom stereocenters. The molecule has 1 aromatic rings. The average Bonchev–Trinajstić information content (AvgIpc) is 3.31. The molecule has 0 aliphatic heterocycles. The van der Waals surface area contributed by atoms with Gasteiger partial charge in [-0.05, 0) is 45.2 Å². The Morgan fingerprint density at radius 2 is 2.00 bits per heavy atom. The highest BCUT2D eigenvalue weighted by Gasteiger charge is 2.45. The van der Waals surface area contributed by atoms with Gasteiger partial charge in [0.25, 0.3) is 0 Å². The number of nitrogens with one attached hydrogen (secondary N) is 2. The van der Waals surface area contributed by atoms with Crippen LogP contribution in [0.3, 0.4) is 0 Å². The summed E-state index contributed by atoms with van der Waals surface area (Å²) in [6.45, 7) is 8.07. The normalized spacial score (nSPS) is 17.0. The summed E-state index contributed by atoms with van der Waals surface area (Å²) < 4.78 is 19.5. The Hall–Kier alpha value is -1.62. The number of aliphatic imine (C=N–C) groups is 1. The van der Waals surface area contributed by atoms with Gasteiger partial charge in [-0.25, -0.2) is 4.39 Å². The Morgan fingerprint density at radius 1 is 1.30 bits per heavy atom. The fourth-order valence-electron chi connectivity index (χ4n) is 2.51. The minimum atomic E-state index is -0.300. The van der Waals surface area contributed by atoms with E-state index in [-0.39, 0.29) is 16.8 Å². The Balaban J connectivity index is 2.02. The van der Waals surface area contributed by atoms with Crippen LogP contribution in [0.25, 0.3) is 0 Å². The number of rotatable bonds is 7. The lowest BCUT2D eigenvalue weighted by Crippen LogP contribution is -2.42. The first-order valence-corrected chi connectivity index (χ1v) is 8.25. The Morgan fingerprint density at radius 3 is 2.57 bits per heavy atom. The summed E-state index contributed by atoms with van der Waals surface area (Å²) in [6.07, 6.45) is 2.01. The van der Waals surface area contributed by atoms with Gasteiger partial charge in [0.15, 0.2) is 5.96 Å². The third-order valence-corrected chi connectivity index (χ3v) is 4.41. The maximum Gasteiger partial charge on any atom is 0.191 e. The van der Waals surface area contributed by atoms with Gasteiger partial charge in [-0.3, -0.25) is 4.99 Å². The zero-order chi connectivity index (χ0) is 16.9. The van der Waals surface area contributed by atoms with Crippen molar-refractivity contribution in [2.24, 2.45) is 4.99 Å². The van der Waals surface area contributed by atoms with Crippen molar-refractivity contribution >= 4 is 5.96 Å². The first-order chi connectivity index (χ1) is 10.9. The van der Waals surface area contributed by atoms with E-state index in [1.165, 1.54) is 6.07 Å². The van der Waals surface area contributed by atoms with E-state index in [1.54, 1.807) is 13.2 Å². The number of hydrogen-bond donors (Lipinski definition) is 2. The van der Waals surface area contributed by atoms with Crippen molar-refractivity contribution in [3.8, 4) is 0 Å². The molecule has 1 saturated carbocycles. The van der Waals surface area contributed by atoms with Gasteiger partial charge in [0, 0.05) is 25.6 Å². The maximum atomic E-state index is 14.1. The third-order valence-electron chi connectivity index (χ3n) is 4.41. The second-order valence-corrected chi connectivity index (χ2v) is 6.77. The summed E-state index contributed by atoms with van der Waals surface area (Å²) >= 11 is 0. The minimum Gasteiger partial charge on any atom is -0.377 e. The van der Waals surface area contributed by atoms with E-state index in [0.29, 0.717) is 13.1 Å². The van der Waals surface area contributed by atoms with Gasteiger partial charge in [-0.2, -0.15) is 0 Å². The molecule has 128 valence electrons. The van der Waals surface area contributed by atoms with Gasteiger partial charge >= 0.3 is 0 Å². The van der Waals surface area contributed by atoms with Crippen LogP contribution in [0.2, 0.25) is 0 Å². The highest BCUT2D eigenvalue weighted by Crippen LogP contribution is 2.48. The van der Waals surface area contributed by atoms with Crippen LogP contribution in [0.15, 0.2) is 29.3 Å². The van der Waals surface area contributed by atoms with Gasteiger partial charge in [-0.1, -0.05) is 18.2 Å². The second-order valence-electron chi connectivity index (χ2n) is 6.77. The number of methoxy groups -OCH3 is 1. The first-order valence-electron chi connectivity index (χ1n) is 8.25. The summed E-state index contributed by atoms with van der Waals surface area (Å²) in [5, 5.41) is 6.60. The van der Waals surface area contributed by atoms with Crippen LogP contribution < -0.4 is 10.6 Å². The van der Waals surface area contributed by atoms with Crippen LogP contribution in [0, 0.1) is 5.82 Å². The van der Waals surface area contributed by atoms with E-state index >= 15 is 0 Å². The van der Waals surface area contributed by atoms with E-state index < -0.39 is 0 Å². The lowest BCUT2D eigenvalue weighted by Gasteiger charge is -2.23. The largest absolute Gasteiger partial charge is 0.377 e. The molecule has 0 saturated heterocycles. The van der Waals surface area contributed by atoms with Gasteiger partial charge in [0.1, 0.15) is 5.82 Å². The topological polar surface area (TPSA) is 45.7 Å². The van der Waals surface area contributed by atoms with E-state index in [1.807, 2.05) is 32.9 Å². The van der Waals surface area contributed by atoms with E-state index in [4.69, 9.17) is 4.74 Å². The number of benzene rings is 1. The summed E-state index contributed by atoms with van der Waals surface area (Å²) in [6, 6.07) is 7.07. The van der Waals surface area contributed by atoms with Crippen LogP contribution in [0.4, 0.5) is 4.39 Å². The zero-order valence-electron chi connectivity index (χ0n) is 14.6. The van der Waals surface area contributed by atoms with Gasteiger partial charge in [0.2, 0.25) is 0 Å². The molecule has 5 heteroatoms. The molecule has 0 bridgehead atoms. The fourth-order valence-corrected chi connectivity index (χ4v) is 2.51. The van der Waals surface area contributed by atoms with Crippen molar-refractivity contribution in [1.82, 2.24) is 10.6 Å². The van der Waals surface area contributed by atoms with Gasteiger partial charge in [0.05, 0.1) is 12.1 Å². The van der Waals surface area contributed by atoms with Crippen molar-refractivity contribution in [3.05, 3.63) is 35.6 Å². The molecule has 4 nitrogen and oxygen atoms in total. The standard InChI is InChI=1S/C18H28FN3O/c1-5-20-16(21-12-17(2,3)23-4)22-13-18(10-11-18)14-8-6-7-9-15(14)19/h6-9H,5,10-13H2,1-4H3,(H2,20,21,22). The molecule has 0 spiro atoms. The van der Waals surface area contributed by atoms with E-state index in [2.05, 4.69) is 15.6 Å². The quantitative estimate of drug-likeness (QED) is 0.600. The molecule has 2 rings (SSSR count). The molecular formula is C18H28FN3O. The molecule has 1 aliphatic carbocycles. The predicted molar refractivity (Wildman–Crippen MR) is 92.4 cm³/mol. The maximum absolute atomic E-state index is 14.1. The summed E-state index contributed by atoms with van der Waals surface area (Å²) in [5.74, 6) is 0.634. The molecular weight excluding hydrogens is 293 g/mol. The zero-order valence-corrected chi connectivity index (χ0v) is 14.6. The Labute approximate surface area is 138 Å². The fraction of sp³-hybridized carbons (Fsp3) is 0.611. The molecule has 0 aromatic heterocycles. The average molecular weight is 321 g/mol. The van der Waals surface area contributed by atoms with Crippen LogP contribution in [-0.2, 0) is 10.2 Å². The molecule has 23 heavy (non-hydrogen) atoms. The first kappa shape index (κ1) is 17.7. The van der Waals surface area contributed by atoms with Gasteiger partial charge < -0.3 is 15.4 Å². The molecule has 1 aromatic carbocycles. The number of ether oxygens (including phenoxy) is 1. The van der Waals surface area contributed by atoms with Crippen LogP contribution >= 0.6 is 0 Å². The van der Waals surface area contributed by atoms with E-state index in [0.717, 1.165) is 30.9 Å². The number of hydrogen-bond acceptors (Lipinski definition) is 2. The molecule has 0 heterocycles. The summed E-state index contributed by atoms with van der Waals surface area (Å²) in [5.41, 5.74) is 0.407. The number of guanidine groups is 1. The summed E-state index contributed by atoms with van der Waals surface area (Å²) in [7, 11) is 1.69. The third kappa shape index (κ3) is 4.67. The highest BCUT2D eigenvalue weighted by atomic mass is 19.1. The van der Waals surface area contributed by atoms with Crippen molar-refractivity contribution < 1.29 is 9.13 Å². The monoisotopic (exact) mass is 321 g/mol. The molecule has 0 atom stereocenters. The minimum absolute atomic E-state index is 0.0989. The number of nitrogens with zero attached hydrogens (tertiary/aromatic N) is 1. The van der Waals surface area contributed by atoms with Crippen molar-refractivity contribution in [1.29, 1.82) is 0 Å². The van der Waals surface area contributed by atoms with Crippen molar-refractivity contribution in [2.45, 2.75) is 44.6 Å². The Bertz CT molecular complexity index is 553. The van der Waals surface area contributed by atoms with Crippen LogP contribution in [0.5, 0.6) is 0 Å². The van der Waals surface area contributed by atoms with Crippen LogP contribution in [0.1, 0.15) is 39.2 Å². The van der Waals surface area contributed by atoms with Crippen LogP contribution in [-0.4, -0.2) is 38.3 Å². The molecule has 2 N–H and O–H groups in total. The van der Waals surface area contributed by atoms with Gasteiger partial charge in [-0.15, -0.1) is 0 Å². The lowest BCUT2D eigenvalue weighted by molar-refractivity contribution is 0.0310. The second kappa shape index (κ2) is 7.30. The molecule has 0 radical (unpaired) electrons. The highest BCUT2D eigenvalue weighted by molar-refractivity contribution is 5.80. The van der Waals surface area contributed by atoms with E-state index in [9.17, 15) is 4.39 Å². The predicted octanol–water partition coefficient (Wildman–Crippen LogP) is 2.84. The van der Waals surface area contributed by atoms with Crippen molar-refractivity contribution in [2.75, 3.05) is 26.7 Å². The van der Waals surface area contributed by atoms with Crippen molar-refractivity contribution in [3.63, 3.8) is 0 Å². The number of halogens is 1. The lowest BCUT2D eigenvalue weighted by atomic mass is 9.95. The smallest absolute Gasteiger partial charge is 0.191 e. The summed E-state index contributed by atoms with van der Waals surface area (Å²) in [4.78, 5) is 4.58. The molecule has 1 aliphatic rings. The molecule has 0 amide bonds.